The van der Waals surface area contributed by atoms with Gasteiger partial charge in [-0.15, -0.1) is 0 Å². The Morgan fingerprint density at radius 3 is 1.94 bits per heavy atom. The molecule has 3 rings (SSSR count). The summed E-state index contributed by atoms with van der Waals surface area (Å²) in [4.78, 5) is 20.6. The number of rotatable bonds is 7. The van der Waals surface area contributed by atoms with Crippen molar-refractivity contribution in [1.82, 2.24) is 4.90 Å². The largest absolute Gasteiger partial charge is 0.473 e. The lowest BCUT2D eigenvalue weighted by Gasteiger charge is -2.35. The molecule has 1 saturated heterocycles. The van der Waals surface area contributed by atoms with Gasteiger partial charge < -0.3 is 20.1 Å². The Bertz CT molecular complexity index is 858. The third kappa shape index (κ3) is 8.28. The fourth-order valence-corrected chi connectivity index (χ4v) is 4.07. The summed E-state index contributed by atoms with van der Waals surface area (Å²) in [5, 5.41) is 25.4. The number of aliphatic carboxylic acids is 2. The zero-order valence-electron chi connectivity index (χ0n) is 19.6. The summed E-state index contributed by atoms with van der Waals surface area (Å²) >= 11 is 0. The van der Waals surface area contributed by atoms with Crippen molar-refractivity contribution in [3.05, 3.63) is 70.8 Å². The van der Waals surface area contributed by atoms with Gasteiger partial charge in [0.25, 0.3) is 0 Å². The quantitative estimate of drug-likeness (QED) is 0.543. The van der Waals surface area contributed by atoms with Crippen LogP contribution in [-0.4, -0.2) is 64.0 Å². The Hall–Kier alpha value is -2.74. The van der Waals surface area contributed by atoms with E-state index in [0.29, 0.717) is 19.2 Å². The molecule has 1 fully saturated rings. The third-order valence-electron chi connectivity index (χ3n) is 5.97. The zero-order valence-corrected chi connectivity index (χ0v) is 19.6. The van der Waals surface area contributed by atoms with E-state index in [2.05, 4.69) is 74.2 Å². The van der Waals surface area contributed by atoms with Crippen LogP contribution in [0, 0.1) is 13.8 Å². The van der Waals surface area contributed by atoms with Gasteiger partial charge >= 0.3 is 11.9 Å². The molecule has 180 valence electrons. The van der Waals surface area contributed by atoms with Gasteiger partial charge in [0, 0.05) is 12.6 Å². The molecule has 1 heterocycles. The molecular weight excluding hydrogens is 422 g/mol. The first kappa shape index (κ1) is 26.5. The van der Waals surface area contributed by atoms with Crippen LogP contribution in [0.3, 0.4) is 0 Å². The molecule has 3 N–H and O–H groups in total. The smallest absolute Gasteiger partial charge is 0.414 e. The molecule has 7 nitrogen and oxygen atoms in total. The molecule has 0 saturated carbocycles. The van der Waals surface area contributed by atoms with E-state index in [1.807, 2.05) is 0 Å². The Morgan fingerprint density at radius 1 is 0.970 bits per heavy atom. The Kier molecular flexibility index (Phi) is 10.5. The number of carboxylic acids is 2. The second-order valence-electron chi connectivity index (χ2n) is 8.53. The molecule has 0 radical (unpaired) electrons. The highest BCUT2D eigenvalue weighted by Gasteiger charge is 2.23. The average molecular weight is 458 g/mol. The van der Waals surface area contributed by atoms with Crippen molar-refractivity contribution in [2.24, 2.45) is 0 Å². The number of piperidine rings is 1. The fourth-order valence-electron chi connectivity index (χ4n) is 4.07. The van der Waals surface area contributed by atoms with Gasteiger partial charge in [-0.25, -0.2) is 9.59 Å². The van der Waals surface area contributed by atoms with Crippen molar-refractivity contribution in [3.8, 4) is 0 Å². The molecule has 0 aliphatic carbocycles. The lowest BCUT2D eigenvalue weighted by molar-refractivity contribution is -0.159. The monoisotopic (exact) mass is 457 g/mol. The second-order valence-corrected chi connectivity index (χ2v) is 8.53. The van der Waals surface area contributed by atoms with E-state index in [1.54, 1.807) is 0 Å². The maximum atomic E-state index is 10.6. The maximum Gasteiger partial charge on any atom is 0.414 e. The molecule has 1 aliphatic heterocycles. The van der Waals surface area contributed by atoms with E-state index in [0.717, 1.165) is 6.54 Å². The summed E-state index contributed by atoms with van der Waals surface area (Å²) < 4.78 is 6.34. The van der Waals surface area contributed by atoms with Gasteiger partial charge in [0.1, 0.15) is 6.10 Å². The van der Waals surface area contributed by atoms with E-state index >= 15 is 0 Å². The highest BCUT2D eigenvalue weighted by Crippen LogP contribution is 2.30. The SMILES string of the molecule is Cc1ccccc1C(OCC(O)CN1CCCCC1C)c1ccccc1C.O=C(O)C(=O)O. The average Bonchev–Trinajstić information content (AvgIpc) is 2.78. The molecule has 2 aromatic rings. The fraction of sp³-hybridized carbons (Fsp3) is 0.462. The number of hydrogen-bond acceptors (Lipinski definition) is 5. The van der Waals surface area contributed by atoms with Crippen LogP contribution in [0.5, 0.6) is 0 Å². The van der Waals surface area contributed by atoms with Gasteiger partial charge in [-0.2, -0.15) is 0 Å². The Labute approximate surface area is 195 Å². The standard InChI is InChI=1S/C24H33NO2.C2H2O4/c1-18-10-4-6-13-22(18)24(23-14-7-5-11-19(23)2)27-17-21(26)16-25-15-9-8-12-20(25)3;3-1(4)2(5)6/h4-7,10-11,13-14,20-21,24,26H,8-9,12,15-17H2,1-3H3;(H,3,4)(H,5,6). The molecule has 1 aliphatic rings. The van der Waals surface area contributed by atoms with Gasteiger partial charge in [-0.1, -0.05) is 55.0 Å². The zero-order chi connectivity index (χ0) is 24.4. The van der Waals surface area contributed by atoms with Crippen molar-refractivity contribution < 1.29 is 29.6 Å². The number of benzene rings is 2. The van der Waals surface area contributed by atoms with Crippen molar-refractivity contribution >= 4 is 11.9 Å². The predicted molar refractivity (Wildman–Crippen MR) is 126 cm³/mol. The third-order valence-corrected chi connectivity index (χ3v) is 5.97. The van der Waals surface area contributed by atoms with Gasteiger partial charge in [-0.05, 0) is 62.4 Å². The Morgan fingerprint density at radius 2 is 1.48 bits per heavy atom. The van der Waals surface area contributed by atoms with Gasteiger partial charge in [0.15, 0.2) is 0 Å². The molecule has 2 aromatic carbocycles. The number of nitrogens with zero attached hydrogens (tertiary/aromatic N) is 1. The Balaban J connectivity index is 0.000000569. The summed E-state index contributed by atoms with van der Waals surface area (Å²) in [7, 11) is 0. The molecule has 7 heteroatoms. The first-order valence-electron chi connectivity index (χ1n) is 11.3. The van der Waals surface area contributed by atoms with Gasteiger partial charge in [-0.3, -0.25) is 4.90 Å². The number of aryl methyl sites for hydroxylation is 2. The number of carbonyl (C=O) groups is 2. The number of hydrogen-bond donors (Lipinski definition) is 3. The highest BCUT2D eigenvalue weighted by atomic mass is 16.5. The number of ether oxygens (including phenoxy) is 1. The van der Waals surface area contributed by atoms with Crippen molar-refractivity contribution in [1.29, 1.82) is 0 Å². The molecule has 0 bridgehead atoms. The van der Waals surface area contributed by atoms with Crippen LogP contribution < -0.4 is 0 Å². The van der Waals surface area contributed by atoms with Crippen LogP contribution >= 0.6 is 0 Å². The van der Waals surface area contributed by atoms with E-state index < -0.39 is 18.0 Å². The maximum absolute atomic E-state index is 10.6. The van der Waals surface area contributed by atoms with Crippen LogP contribution in [0.15, 0.2) is 48.5 Å². The predicted octanol–water partition coefficient (Wildman–Crippen LogP) is 3.80. The lowest BCUT2D eigenvalue weighted by Crippen LogP contribution is -2.43. The van der Waals surface area contributed by atoms with Crippen LogP contribution in [0.25, 0.3) is 0 Å². The summed E-state index contributed by atoms with van der Waals surface area (Å²) in [5.41, 5.74) is 4.77. The molecule has 2 atom stereocenters. The van der Waals surface area contributed by atoms with Crippen molar-refractivity contribution in [3.63, 3.8) is 0 Å². The molecule has 33 heavy (non-hydrogen) atoms. The van der Waals surface area contributed by atoms with E-state index in [-0.39, 0.29) is 6.10 Å². The molecule has 0 amide bonds. The molecule has 0 spiro atoms. The molecular formula is C26H35NO6. The molecule has 0 aromatic heterocycles. The van der Waals surface area contributed by atoms with Crippen molar-refractivity contribution in [2.75, 3.05) is 19.7 Å². The van der Waals surface area contributed by atoms with Crippen molar-refractivity contribution in [2.45, 2.75) is 58.3 Å². The van der Waals surface area contributed by atoms with E-state index in [4.69, 9.17) is 24.5 Å². The minimum Gasteiger partial charge on any atom is -0.473 e. The first-order valence-corrected chi connectivity index (χ1v) is 11.3. The normalized spacial score (nSPS) is 17.2. The van der Waals surface area contributed by atoms with Crippen LogP contribution in [0.1, 0.15) is 54.5 Å². The first-order chi connectivity index (χ1) is 15.7. The number of aliphatic hydroxyl groups is 1. The minimum absolute atomic E-state index is 0.152. The van der Waals surface area contributed by atoms with Gasteiger partial charge in [0.05, 0.1) is 12.7 Å². The minimum atomic E-state index is -1.82. The summed E-state index contributed by atoms with van der Waals surface area (Å²) in [6.45, 7) is 8.62. The lowest BCUT2D eigenvalue weighted by atomic mass is 9.94. The summed E-state index contributed by atoms with van der Waals surface area (Å²) in [5.74, 6) is -3.65. The van der Waals surface area contributed by atoms with Gasteiger partial charge in [0.2, 0.25) is 0 Å². The van der Waals surface area contributed by atoms with E-state index in [9.17, 15) is 5.11 Å². The number of carboxylic acid groups (broad SMARTS) is 2. The topological polar surface area (TPSA) is 107 Å². The second kappa shape index (κ2) is 13.1. The van der Waals surface area contributed by atoms with Crippen LogP contribution in [0.2, 0.25) is 0 Å². The summed E-state index contributed by atoms with van der Waals surface area (Å²) in [6, 6.07) is 17.3. The van der Waals surface area contributed by atoms with Crippen LogP contribution in [0.4, 0.5) is 0 Å². The number of aliphatic hydroxyl groups excluding tert-OH is 1. The molecule has 2 unspecified atom stereocenters. The number of β-amino-alcohol motifs (C(OH)–C–C–N with tert-alkyl or cyclic N) is 1. The number of likely N-dealkylation sites (tertiary alicyclic amines) is 1. The highest BCUT2D eigenvalue weighted by molar-refractivity contribution is 6.27. The summed E-state index contributed by atoms with van der Waals surface area (Å²) in [6.07, 6.45) is 3.13. The van der Waals surface area contributed by atoms with E-state index in [1.165, 1.54) is 41.5 Å². The van der Waals surface area contributed by atoms with Crippen LogP contribution in [-0.2, 0) is 14.3 Å².